The van der Waals surface area contributed by atoms with Crippen molar-refractivity contribution >= 4 is 66.0 Å². The van der Waals surface area contributed by atoms with E-state index in [-0.39, 0.29) is 0 Å². The van der Waals surface area contributed by atoms with Gasteiger partial charge in [0.15, 0.2) is 0 Å². The van der Waals surface area contributed by atoms with E-state index in [2.05, 4.69) is 107 Å². The van der Waals surface area contributed by atoms with Crippen LogP contribution in [-0.4, -0.2) is 9.13 Å². The summed E-state index contributed by atoms with van der Waals surface area (Å²) in [6.45, 7) is 4.59. The van der Waals surface area contributed by atoms with E-state index in [4.69, 9.17) is 0 Å². The summed E-state index contributed by atoms with van der Waals surface area (Å²) in [7, 11) is 0. The maximum absolute atomic E-state index is 2.42. The van der Waals surface area contributed by atoms with Crippen LogP contribution in [0.15, 0.2) is 83.8 Å². The van der Waals surface area contributed by atoms with Gasteiger partial charge in [0.1, 0.15) is 0 Å². The fraction of sp³-hybridized carbons (Fsp3) is 0.435. The van der Waals surface area contributed by atoms with E-state index >= 15 is 0 Å². The fourth-order valence-corrected chi connectivity index (χ4v) is 9.93. The molecule has 262 valence electrons. The Bertz CT molecular complexity index is 1970. The Morgan fingerprint density at radius 2 is 0.760 bits per heavy atom. The van der Waals surface area contributed by atoms with E-state index in [1.165, 1.54) is 180 Å². The number of fused-ring (bicyclic) bond motifs is 7. The van der Waals surface area contributed by atoms with Crippen LogP contribution in [0.2, 0.25) is 0 Å². The largest absolute Gasteiger partial charge is 0.308 e. The third-order valence-electron chi connectivity index (χ3n) is 10.9. The molecule has 0 fully saturated rings. The van der Waals surface area contributed by atoms with Crippen molar-refractivity contribution in [2.45, 2.75) is 129 Å². The van der Waals surface area contributed by atoms with Crippen LogP contribution in [0, 0.1) is 0 Å². The summed E-state index contributed by atoms with van der Waals surface area (Å²) in [4.78, 5) is 0. The second-order valence-electron chi connectivity index (χ2n) is 14.7. The minimum absolute atomic E-state index is 1.20. The third kappa shape index (κ3) is 7.92. The van der Waals surface area contributed by atoms with E-state index in [0.29, 0.717) is 0 Å². The van der Waals surface area contributed by atoms with Crippen LogP contribution in [0.25, 0.3) is 53.4 Å². The molecule has 0 unspecified atom stereocenters. The zero-order valence-corrected chi connectivity index (χ0v) is 32.2. The minimum atomic E-state index is 1.20. The highest BCUT2D eigenvalue weighted by atomic mass is 32.1. The van der Waals surface area contributed by atoms with Crippen molar-refractivity contribution in [2.24, 2.45) is 0 Å². The molecule has 0 bridgehead atoms. The first-order valence-corrected chi connectivity index (χ1v) is 21.6. The van der Waals surface area contributed by atoms with Gasteiger partial charge in [0.2, 0.25) is 0 Å². The maximum Gasteiger partial charge on any atom is 0.0997 e. The minimum Gasteiger partial charge on any atom is -0.308 e. The van der Waals surface area contributed by atoms with Gasteiger partial charge in [-0.1, -0.05) is 128 Å². The molecule has 3 aromatic carbocycles. The number of aryl methyl sites for hydroxylation is 2. The van der Waals surface area contributed by atoms with Crippen molar-refractivity contribution in [3.8, 4) is 10.0 Å². The van der Waals surface area contributed by atoms with E-state index in [1.54, 1.807) is 0 Å². The van der Waals surface area contributed by atoms with Gasteiger partial charge >= 0.3 is 0 Å². The molecule has 0 aliphatic carbocycles. The molecular weight excluding hydrogens is 645 g/mol. The predicted octanol–water partition coefficient (Wildman–Crippen LogP) is 15.4. The lowest BCUT2D eigenvalue weighted by Crippen LogP contribution is -1.90. The van der Waals surface area contributed by atoms with Crippen LogP contribution in [0.4, 0.5) is 0 Å². The molecule has 50 heavy (non-hydrogen) atoms. The lowest BCUT2D eigenvalue weighted by atomic mass is 9.98. The summed E-state index contributed by atoms with van der Waals surface area (Å²) in [5, 5.41) is 15.4. The molecule has 0 N–H and O–H groups in total. The highest BCUT2D eigenvalue weighted by molar-refractivity contribution is 7.13. The van der Waals surface area contributed by atoms with Crippen LogP contribution in [-0.2, 0) is 12.8 Å². The highest BCUT2D eigenvalue weighted by Crippen LogP contribution is 2.38. The number of unbranched alkanes of at least 4 members (excludes halogenated alkanes) is 14. The first kappa shape index (κ1) is 35.1. The van der Waals surface area contributed by atoms with E-state index in [0.717, 1.165) is 0 Å². The Kier molecular flexibility index (Phi) is 12.1. The number of nitrogens with zero attached hydrogens (tertiary/aromatic N) is 2. The smallest absolute Gasteiger partial charge is 0.0997 e. The number of rotatable bonds is 20. The molecule has 0 aliphatic heterocycles. The average molecular weight is 701 g/mol. The molecule has 0 radical (unpaired) electrons. The highest BCUT2D eigenvalue weighted by Gasteiger charge is 2.14. The molecule has 7 rings (SSSR count). The Morgan fingerprint density at radius 1 is 0.400 bits per heavy atom. The fourth-order valence-electron chi connectivity index (χ4n) is 8.03. The average Bonchev–Trinajstić information content (AvgIpc) is 3.96. The van der Waals surface area contributed by atoms with Crippen molar-refractivity contribution in [1.82, 2.24) is 9.13 Å². The van der Waals surface area contributed by atoms with E-state index in [9.17, 15) is 0 Å². The SMILES string of the molecule is CCCCCCCCCCc1csc(-n2ccc3c4ccc5c(ccc6c5ccn6-c5cc(CCCCCCCCCC)cs5)c4ccc32)c1. The summed E-state index contributed by atoms with van der Waals surface area (Å²) in [5.74, 6) is 0. The maximum atomic E-state index is 2.42. The van der Waals surface area contributed by atoms with Crippen LogP contribution in [0.5, 0.6) is 0 Å². The molecule has 4 heterocycles. The Labute approximate surface area is 308 Å². The predicted molar refractivity (Wildman–Crippen MR) is 224 cm³/mol. The molecule has 0 saturated heterocycles. The summed E-state index contributed by atoms with van der Waals surface area (Å²) in [6.07, 6.45) is 28.9. The number of hydrogen-bond donors (Lipinski definition) is 0. The molecule has 4 heteroatoms. The second kappa shape index (κ2) is 17.2. The van der Waals surface area contributed by atoms with Crippen molar-refractivity contribution in [3.05, 3.63) is 94.9 Å². The Balaban J connectivity index is 1.03. The lowest BCUT2D eigenvalue weighted by molar-refractivity contribution is 0.575. The molecule has 0 saturated carbocycles. The van der Waals surface area contributed by atoms with Gasteiger partial charge in [-0.3, -0.25) is 0 Å². The van der Waals surface area contributed by atoms with Gasteiger partial charge < -0.3 is 9.13 Å². The van der Waals surface area contributed by atoms with Gasteiger partial charge in [-0.05, 0) is 106 Å². The van der Waals surface area contributed by atoms with Gasteiger partial charge in [0, 0.05) is 23.2 Å². The number of hydrogen-bond acceptors (Lipinski definition) is 2. The molecule has 7 aromatic rings. The van der Waals surface area contributed by atoms with Crippen LogP contribution >= 0.6 is 22.7 Å². The number of thiophene rings is 2. The third-order valence-corrected chi connectivity index (χ3v) is 12.9. The summed E-state index contributed by atoms with van der Waals surface area (Å²) < 4.78 is 4.79. The van der Waals surface area contributed by atoms with Crippen molar-refractivity contribution < 1.29 is 0 Å². The molecule has 0 amide bonds. The quantitative estimate of drug-likeness (QED) is 0.0553. The number of aromatic nitrogens is 2. The zero-order valence-electron chi connectivity index (χ0n) is 30.5. The lowest BCUT2D eigenvalue weighted by Gasteiger charge is -2.09. The van der Waals surface area contributed by atoms with Crippen molar-refractivity contribution in [1.29, 1.82) is 0 Å². The van der Waals surface area contributed by atoms with Gasteiger partial charge in [0.05, 0.1) is 21.0 Å². The molecule has 2 nitrogen and oxygen atoms in total. The van der Waals surface area contributed by atoms with Gasteiger partial charge in [0.25, 0.3) is 0 Å². The molecule has 0 spiro atoms. The Morgan fingerprint density at radius 3 is 1.18 bits per heavy atom. The summed E-state index contributed by atoms with van der Waals surface area (Å²) in [5.41, 5.74) is 5.57. The molecule has 0 aliphatic rings. The Hall–Kier alpha value is -3.34. The standard InChI is InChI=1S/C46H56N2S2/c1-3-5-7-9-11-13-15-17-19-35-31-45(49-33-35)47-29-27-41-39-21-22-40-38(37(39)23-25-43(41)47)24-26-44-42(40)28-30-48(44)46-32-36(34-50-46)20-18-16-14-12-10-8-6-4-2/h21-34H,3-20H2,1-2H3. The summed E-state index contributed by atoms with van der Waals surface area (Å²) >= 11 is 3.76. The molecule has 4 aromatic heterocycles. The van der Waals surface area contributed by atoms with Crippen LogP contribution < -0.4 is 0 Å². The summed E-state index contributed by atoms with van der Waals surface area (Å²) in [6, 6.07) is 23.6. The normalized spacial score (nSPS) is 12.0. The number of benzene rings is 3. The van der Waals surface area contributed by atoms with Crippen LogP contribution in [0.1, 0.15) is 128 Å². The van der Waals surface area contributed by atoms with E-state index < -0.39 is 0 Å². The zero-order chi connectivity index (χ0) is 34.1. The van der Waals surface area contributed by atoms with Crippen molar-refractivity contribution in [2.75, 3.05) is 0 Å². The topological polar surface area (TPSA) is 9.86 Å². The van der Waals surface area contributed by atoms with Gasteiger partial charge in [-0.25, -0.2) is 0 Å². The van der Waals surface area contributed by atoms with Gasteiger partial charge in [-0.15, -0.1) is 22.7 Å². The second-order valence-corrected chi connectivity index (χ2v) is 16.4. The van der Waals surface area contributed by atoms with Gasteiger partial charge in [-0.2, -0.15) is 0 Å². The van der Waals surface area contributed by atoms with Crippen molar-refractivity contribution in [3.63, 3.8) is 0 Å². The van der Waals surface area contributed by atoms with Crippen LogP contribution in [0.3, 0.4) is 0 Å². The van der Waals surface area contributed by atoms with E-state index in [1.807, 2.05) is 22.7 Å². The molecular formula is C46H56N2S2. The monoisotopic (exact) mass is 700 g/mol. The first-order chi connectivity index (χ1) is 24.7. The first-order valence-electron chi connectivity index (χ1n) is 19.9. The molecule has 0 atom stereocenters.